The Kier molecular flexibility index (Phi) is 12.8. The number of ether oxygens (including phenoxy) is 9. The molecule has 4 aliphatic carbocycles. The Labute approximate surface area is 358 Å². The molecule has 16 heteroatoms. The smallest absolute Gasteiger partial charge is 0.331 e. The van der Waals surface area contributed by atoms with Crippen LogP contribution in [0.3, 0.4) is 0 Å². The maximum absolute atomic E-state index is 12.6. The van der Waals surface area contributed by atoms with Gasteiger partial charge in [-0.05, 0) is 107 Å². The highest BCUT2D eigenvalue weighted by Crippen LogP contribution is 2.70. The Balaban J connectivity index is 0.892. The van der Waals surface area contributed by atoms with Gasteiger partial charge in [0.1, 0.15) is 37.1 Å². The van der Waals surface area contributed by atoms with E-state index in [2.05, 4.69) is 6.92 Å². The fourth-order valence-corrected chi connectivity index (χ4v) is 13.4. The van der Waals surface area contributed by atoms with Gasteiger partial charge in [-0.15, -0.1) is 0 Å². The van der Waals surface area contributed by atoms with E-state index in [9.17, 15) is 34.8 Å². The zero-order valence-corrected chi connectivity index (χ0v) is 36.6. The summed E-state index contributed by atoms with van der Waals surface area (Å²) in [6, 6.07) is 0. The second-order valence-electron chi connectivity index (χ2n) is 20.0. The van der Waals surface area contributed by atoms with Crippen molar-refractivity contribution in [2.75, 3.05) is 6.61 Å². The molecule has 8 rings (SSSR count). The first-order valence-electron chi connectivity index (χ1n) is 22.7. The largest absolute Gasteiger partial charge is 0.459 e. The van der Waals surface area contributed by atoms with Crippen LogP contribution in [0.5, 0.6) is 0 Å². The van der Waals surface area contributed by atoms with Crippen molar-refractivity contribution in [1.29, 1.82) is 0 Å². The number of hydrogen-bond acceptors (Lipinski definition) is 16. The van der Waals surface area contributed by atoms with Crippen LogP contribution in [-0.4, -0.2) is 137 Å². The van der Waals surface area contributed by atoms with Crippen molar-refractivity contribution in [2.24, 2.45) is 34.5 Å². The number of carbonyl (C=O) groups is 3. The second kappa shape index (κ2) is 17.3. The average molecular weight is 865 g/mol. The molecule has 3 saturated heterocycles. The number of carbonyl (C=O) groups excluding carboxylic acids is 3. The zero-order valence-electron chi connectivity index (χ0n) is 36.6. The van der Waals surface area contributed by atoms with Gasteiger partial charge in [0, 0.05) is 44.6 Å². The minimum absolute atomic E-state index is 0.0307. The Morgan fingerprint density at radius 2 is 1.31 bits per heavy atom. The molecule has 0 aromatic rings. The molecule has 0 radical (unpaired) electrons. The second-order valence-corrected chi connectivity index (χ2v) is 20.0. The Bertz CT molecular complexity index is 1660. The molecule has 21 atom stereocenters. The first-order valence-corrected chi connectivity index (χ1v) is 22.7. The summed E-state index contributed by atoms with van der Waals surface area (Å²) in [4.78, 5) is 36.7. The SMILES string of the molecule is CC(=O)O[C@H]1C[C@H](O[C@H]2CC[C@@]3(C)[C@H](CC[C@@H]4[C@@H]3C[C@@H](O)[C@]3(C)[C@@H](C5=CC(=O)OC5)CC[C@]43O)C2)O[C@H](C)[C@H]1O[C@H]1C[C@H](OC(C)=O)[C@H](O[C@H]2C[C@H](O)[C@H](O)[C@@H](C)O2)[C@@H](C)O1. The van der Waals surface area contributed by atoms with Crippen molar-refractivity contribution in [3.8, 4) is 0 Å². The summed E-state index contributed by atoms with van der Waals surface area (Å²) in [5.74, 6) is -0.930. The number of esters is 3. The van der Waals surface area contributed by atoms with Gasteiger partial charge in [0.25, 0.3) is 0 Å². The summed E-state index contributed by atoms with van der Waals surface area (Å²) in [5.41, 5.74) is -1.00. The number of fused-ring (bicyclic) bond motifs is 5. The summed E-state index contributed by atoms with van der Waals surface area (Å²) in [5, 5.41) is 45.1. The molecule has 0 aromatic carbocycles. The molecule has 0 spiro atoms. The van der Waals surface area contributed by atoms with Crippen molar-refractivity contribution < 1.29 is 77.4 Å². The van der Waals surface area contributed by atoms with Gasteiger partial charge in [-0.3, -0.25) is 9.59 Å². The molecule has 4 N–H and O–H groups in total. The maximum atomic E-state index is 12.6. The number of rotatable bonds is 9. The normalized spacial score (nSPS) is 51.0. The van der Waals surface area contributed by atoms with Gasteiger partial charge in [-0.25, -0.2) is 4.79 Å². The first kappa shape index (κ1) is 45.3. The van der Waals surface area contributed by atoms with Crippen LogP contribution >= 0.6 is 0 Å². The summed E-state index contributed by atoms with van der Waals surface area (Å²) in [7, 11) is 0. The third-order valence-corrected chi connectivity index (χ3v) is 16.5. The van der Waals surface area contributed by atoms with E-state index in [1.807, 2.05) is 13.8 Å². The van der Waals surface area contributed by atoms with Crippen LogP contribution in [-0.2, 0) is 57.0 Å². The lowest BCUT2D eigenvalue weighted by atomic mass is 9.42. The molecule has 0 amide bonds. The lowest BCUT2D eigenvalue weighted by molar-refractivity contribution is -0.337. The lowest BCUT2D eigenvalue weighted by Gasteiger charge is -2.65. The molecule has 4 saturated carbocycles. The van der Waals surface area contributed by atoms with E-state index in [0.29, 0.717) is 18.8 Å². The minimum Gasteiger partial charge on any atom is -0.459 e. The van der Waals surface area contributed by atoms with E-state index in [4.69, 9.17) is 42.6 Å². The molecule has 0 aromatic heterocycles. The van der Waals surface area contributed by atoms with Gasteiger partial charge >= 0.3 is 17.9 Å². The standard InChI is InChI=1S/C45H68O16/c1-21-40(51)32(48)17-37(54-21)60-41-23(3)56-39(19-34(41)58-25(5)47)61-42-22(2)55-38(18-33(42)57-24(4)46)59-28-10-12-43(6)27(15-28)8-9-30-31(43)16-35(49)44(7)29(11-13-45(30,44)52)26-14-36(50)53-20-26/h14,21-23,27-35,37-42,48-49,51-52H,8-13,15-20H2,1-7H3/t21-,22-,23-,27-,28+,29-,30-,31+,32+,33+,34+,35-,37+,38+,39+,40-,41-,42-,43+,44+,45+/m1/s1. The highest BCUT2D eigenvalue weighted by Gasteiger charge is 2.71. The molecule has 4 aliphatic heterocycles. The Hall–Kier alpha value is -2.25. The van der Waals surface area contributed by atoms with E-state index < -0.39 is 103 Å². The van der Waals surface area contributed by atoms with E-state index in [-0.39, 0.29) is 61.1 Å². The van der Waals surface area contributed by atoms with Gasteiger partial charge in [-0.1, -0.05) is 13.8 Å². The van der Waals surface area contributed by atoms with E-state index in [0.717, 1.165) is 44.1 Å². The topological polar surface area (TPSA) is 215 Å². The molecule has 7 fully saturated rings. The number of aliphatic hydroxyl groups is 4. The van der Waals surface area contributed by atoms with Crippen molar-refractivity contribution in [1.82, 2.24) is 0 Å². The number of cyclic esters (lactones) is 1. The van der Waals surface area contributed by atoms with Crippen molar-refractivity contribution in [3.63, 3.8) is 0 Å². The van der Waals surface area contributed by atoms with Crippen LogP contribution < -0.4 is 0 Å². The van der Waals surface area contributed by atoms with Crippen molar-refractivity contribution in [2.45, 2.75) is 211 Å². The van der Waals surface area contributed by atoms with Crippen LogP contribution in [0.4, 0.5) is 0 Å². The van der Waals surface area contributed by atoms with Crippen LogP contribution in [0.15, 0.2) is 11.6 Å². The minimum atomic E-state index is -1.05. The fourth-order valence-electron chi connectivity index (χ4n) is 13.4. The van der Waals surface area contributed by atoms with Gasteiger partial charge in [0.2, 0.25) is 0 Å². The van der Waals surface area contributed by atoms with E-state index in [1.54, 1.807) is 19.9 Å². The number of aliphatic hydroxyl groups excluding tert-OH is 3. The molecular formula is C45H68O16. The molecule has 16 nitrogen and oxygen atoms in total. The van der Waals surface area contributed by atoms with Gasteiger partial charge in [0.05, 0.1) is 42.2 Å². The van der Waals surface area contributed by atoms with Crippen LogP contribution in [0, 0.1) is 34.5 Å². The molecule has 61 heavy (non-hydrogen) atoms. The molecule has 0 unspecified atom stereocenters. The van der Waals surface area contributed by atoms with Crippen LogP contribution in [0.1, 0.15) is 119 Å². The highest BCUT2D eigenvalue weighted by atomic mass is 16.7. The highest BCUT2D eigenvalue weighted by molar-refractivity contribution is 5.85. The Morgan fingerprint density at radius 1 is 0.721 bits per heavy atom. The predicted molar refractivity (Wildman–Crippen MR) is 212 cm³/mol. The monoisotopic (exact) mass is 864 g/mol. The third-order valence-electron chi connectivity index (χ3n) is 16.5. The molecule has 4 heterocycles. The van der Waals surface area contributed by atoms with Crippen LogP contribution in [0.25, 0.3) is 0 Å². The molecular weight excluding hydrogens is 796 g/mol. The van der Waals surface area contributed by atoms with Crippen molar-refractivity contribution >= 4 is 17.9 Å². The van der Waals surface area contributed by atoms with Crippen LogP contribution in [0.2, 0.25) is 0 Å². The van der Waals surface area contributed by atoms with Crippen molar-refractivity contribution in [3.05, 3.63) is 11.6 Å². The molecule has 8 aliphatic rings. The molecule has 0 bridgehead atoms. The summed E-state index contributed by atoms with van der Waals surface area (Å²) in [6.07, 6.45) is -2.08. The van der Waals surface area contributed by atoms with Gasteiger partial charge in [-0.2, -0.15) is 0 Å². The summed E-state index contributed by atoms with van der Waals surface area (Å²) < 4.78 is 54.7. The quantitative estimate of drug-likeness (QED) is 0.149. The first-order chi connectivity index (χ1) is 28.8. The summed E-state index contributed by atoms with van der Waals surface area (Å²) in [6.45, 7) is 12.5. The fraction of sp³-hybridized carbons (Fsp3) is 0.889. The number of hydrogen-bond donors (Lipinski definition) is 4. The zero-order chi connectivity index (χ0) is 43.8. The van der Waals surface area contributed by atoms with Gasteiger partial charge < -0.3 is 63.1 Å². The van der Waals surface area contributed by atoms with E-state index in [1.165, 1.54) is 13.8 Å². The lowest BCUT2D eigenvalue weighted by Crippen LogP contribution is -2.67. The third kappa shape index (κ3) is 8.33. The predicted octanol–water partition coefficient (Wildman–Crippen LogP) is 3.36. The molecule has 344 valence electrons. The Morgan fingerprint density at radius 3 is 1.89 bits per heavy atom. The summed E-state index contributed by atoms with van der Waals surface area (Å²) >= 11 is 0. The van der Waals surface area contributed by atoms with Gasteiger partial charge in [0.15, 0.2) is 18.9 Å². The van der Waals surface area contributed by atoms with E-state index >= 15 is 0 Å². The maximum Gasteiger partial charge on any atom is 0.331 e. The average Bonchev–Trinajstić information content (AvgIpc) is 3.73.